The van der Waals surface area contributed by atoms with Crippen molar-refractivity contribution in [3.8, 4) is 22.4 Å². The van der Waals surface area contributed by atoms with E-state index in [1.165, 1.54) is 53.5 Å². The van der Waals surface area contributed by atoms with Crippen molar-refractivity contribution in [3.05, 3.63) is 90.0 Å². The Morgan fingerprint density at radius 3 is 1.86 bits per heavy atom. The minimum Gasteiger partial charge on any atom is -0.247 e. The van der Waals surface area contributed by atoms with Gasteiger partial charge in [0.1, 0.15) is 0 Å². The molecule has 28 heavy (non-hydrogen) atoms. The molecule has 1 aromatic heterocycles. The molecule has 0 aliphatic heterocycles. The van der Waals surface area contributed by atoms with Crippen LogP contribution in [0.25, 0.3) is 33.3 Å². The van der Waals surface area contributed by atoms with Crippen molar-refractivity contribution >= 4 is 10.9 Å². The van der Waals surface area contributed by atoms with Crippen molar-refractivity contribution in [1.29, 1.82) is 0 Å². The fraction of sp³-hybridized carbons (Fsp3) is 0.222. The highest BCUT2D eigenvalue weighted by Crippen LogP contribution is 2.53. The number of benzene rings is 3. The van der Waals surface area contributed by atoms with Crippen LogP contribution in [0.4, 0.5) is 0 Å². The van der Waals surface area contributed by atoms with Crippen LogP contribution in [0.1, 0.15) is 48.6 Å². The topological polar surface area (TPSA) is 12.9 Å². The van der Waals surface area contributed by atoms with Gasteiger partial charge >= 0.3 is 0 Å². The van der Waals surface area contributed by atoms with Gasteiger partial charge in [-0.05, 0) is 65.8 Å². The summed E-state index contributed by atoms with van der Waals surface area (Å²) in [6, 6.07) is 28.4. The third-order valence-corrected chi connectivity index (χ3v) is 6.78. The molecule has 136 valence electrons. The van der Waals surface area contributed by atoms with Gasteiger partial charge < -0.3 is 0 Å². The van der Waals surface area contributed by atoms with Gasteiger partial charge in [-0.15, -0.1) is 0 Å². The average molecular weight is 361 g/mol. The third-order valence-electron chi connectivity index (χ3n) is 6.78. The molecular formula is C27H23N. The zero-order valence-corrected chi connectivity index (χ0v) is 15.9. The molecule has 0 amide bonds. The lowest BCUT2D eigenvalue weighted by Crippen LogP contribution is -2.23. The Morgan fingerprint density at radius 2 is 1.11 bits per heavy atom. The number of rotatable bonds is 2. The van der Waals surface area contributed by atoms with Crippen molar-refractivity contribution in [2.24, 2.45) is 0 Å². The summed E-state index contributed by atoms with van der Waals surface area (Å²) >= 11 is 0. The van der Waals surface area contributed by atoms with Gasteiger partial charge in [-0.25, -0.2) is 4.98 Å². The van der Waals surface area contributed by atoms with Crippen LogP contribution in [0.2, 0.25) is 0 Å². The van der Waals surface area contributed by atoms with Crippen LogP contribution < -0.4 is 0 Å². The van der Waals surface area contributed by atoms with Gasteiger partial charge in [0.25, 0.3) is 0 Å². The van der Waals surface area contributed by atoms with Gasteiger partial charge in [-0.3, -0.25) is 0 Å². The van der Waals surface area contributed by atoms with E-state index in [1.54, 1.807) is 11.1 Å². The van der Waals surface area contributed by atoms with E-state index >= 15 is 0 Å². The first-order chi connectivity index (χ1) is 13.9. The fourth-order valence-electron chi connectivity index (χ4n) is 5.45. The predicted molar refractivity (Wildman–Crippen MR) is 117 cm³/mol. The highest BCUT2D eigenvalue weighted by Gasteiger charge is 2.36. The first-order valence-electron chi connectivity index (χ1n) is 10.5. The summed E-state index contributed by atoms with van der Waals surface area (Å²) in [7, 11) is 0. The van der Waals surface area contributed by atoms with Crippen molar-refractivity contribution < 1.29 is 0 Å². The summed E-state index contributed by atoms with van der Waals surface area (Å²) in [4.78, 5) is 5.18. The van der Waals surface area contributed by atoms with E-state index in [0.29, 0.717) is 5.92 Å². The van der Waals surface area contributed by atoms with E-state index < -0.39 is 0 Å². The monoisotopic (exact) mass is 361 g/mol. The number of nitrogens with zero attached hydrogens (tertiary/aromatic N) is 1. The van der Waals surface area contributed by atoms with Gasteiger partial charge in [-0.1, -0.05) is 72.8 Å². The second-order valence-electron chi connectivity index (χ2n) is 8.30. The van der Waals surface area contributed by atoms with Gasteiger partial charge in [-0.2, -0.15) is 0 Å². The largest absolute Gasteiger partial charge is 0.247 e. The van der Waals surface area contributed by atoms with Crippen molar-refractivity contribution in [3.63, 3.8) is 0 Å². The Bertz CT molecular complexity index is 1150. The van der Waals surface area contributed by atoms with Gasteiger partial charge in [0, 0.05) is 10.9 Å². The molecule has 0 unspecified atom stereocenters. The summed E-state index contributed by atoms with van der Waals surface area (Å²) in [5, 5.41) is 1.39. The summed E-state index contributed by atoms with van der Waals surface area (Å²) in [6.07, 6.45) is 5.34. The fourth-order valence-corrected chi connectivity index (χ4v) is 5.45. The number of hydrogen-bond acceptors (Lipinski definition) is 1. The minimum absolute atomic E-state index is 0.681. The summed E-state index contributed by atoms with van der Waals surface area (Å²) < 4.78 is 0. The molecule has 0 N–H and O–H groups in total. The summed E-state index contributed by atoms with van der Waals surface area (Å²) in [5.41, 5.74) is 9.32. The lowest BCUT2D eigenvalue weighted by molar-refractivity contribution is 0.361. The number of para-hydroxylation sites is 1. The summed E-state index contributed by atoms with van der Waals surface area (Å²) in [6.45, 7) is 0. The molecule has 3 aliphatic carbocycles. The van der Waals surface area contributed by atoms with Gasteiger partial charge in [0.15, 0.2) is 0 Å². The first kappa shape index (κ1) is 16.1. The molecule has 1 nitrogen and oxygen atoms in total. The molecule has 3 aromatic carbocycles. The molecular weight excluding hydrogens is 338 g/mol. The number of pyridine rings is 1. The normalized spacial score (nSPS) is 20.3. The van der Waals surface area contributed by atoms with Crippen LogP contribution in [-0.2, 0) is 0 Å². The molecule has 1 fully saturated rings. The third kappa shape index (κ3) is 2.43. The van der Waals surface area contributed by atoms with Crippen LogP contribution in [-0.4, -0.2) is 4.98 Å². The van der Waals surface area contributed by atoms with Crippen LogP contribution in [0, 0.1) is 0 Å². The van der Waals surface area contributed by atoms with Crippen LogP contribution in [0.15, 0.2) is 78.9 Å². The van der Waals surface area contributed by atoms with Crippen LogP contribution in [0.3, 0.4) is 0 Å². The van der Waals surface area contributed by atoms with Crippen molar-refractivity contribution in [2.75, 3.05) is 0 Å². The standard InChI is InChI=1S/C27H23N/c1-2-6-18(7-3-1)19-10-16-22(17-11-19)27-26-21-14-12-20(13-15-21)25(26)23-8-4-5-9-24(23)28-27/h1-11,16-17,20-21H,12-15H2. The highest BCUT2D eigenvalue weighted by atomic mass is 14.7. The molecule has 0 radical (unpaired) electrons. The Morgan fingerprint density at radius 1 is 0.536 bits per heavy atom. The van der Waals surface area contributed by atoms with E-state index in [1.807, 2.05) is 0 Å². The molecule has 3 aliphatic rings. The Kier molecular flexibility index (Phi) is 3.62. The Hall–Kier alpha value is -2.93. The maximum Gasteiger partial charge on any atom is 0.0747 e. The van der Waals surface area contributed by atoms with Crippen molar-refractivity contribution in [2.45, 2.75) is 37.5 Å². The minimum atomic E-state index is 0.681. The van der Waals surface area contributed by atoms with E-state index in [2.05, 4.69) is 78.9 Å². The molecule has 1 heteroatoms. The molecule has 2 bridgehead atoms. The van der Waals surface area contributed by atoms with Gasteiger partial charge in [0.2, 0.25) is 0 Å². The zero-order valence-electron chi connectivity index (χ0n) is 15.9. The number of aromatic nitrogens is 1. The average Bonchev–Trinajstić information content (AvgIpc) is 2.80. The van der Waals surface area contributed by atoms with Gasteiger partial charge in [0.05, 0.1) is 11.2 Å². The lowest BCUT2D eigenvalue weighted by Gasteiger charge is -2.40. The quantitative estimate of drug-likeness (QED) is 0.364. The van der Waals surface area contributed by atoms with E-state index in [0.717, 1.165) is 11.4 Å². The second kappa shape index (κ2) is 6.31. The maximum absolute atomic E-state index is 5.18. The molecule has 7 rings (SSSR count). The SMILES string of the molecule is c1ccc(-c2ccc(-c3nc4ccccc4c4c3C3CCC4CC3)cc2)cc1. The zero-order chi connectivity index (χ0) is 18.5. The Labute approximate surface area is 166 Å². The molecule has 0 saturated heterocycles. The van der Waals surface area contributed by atoms with Crippen molar-refractivity contribution in [1.82, 2.24) is 4.98 Å². The highest BCUT2D eigenvalue weighted by molar-refractivity contribution is 5.89. The lowest BCUT2D eigenvalue weighted by atomic mass is 9.65. The molecule has 0 spiro atoms. The number of fused-ring (bicyclic) bond motifs is 3. The van der Waals surface area contributed by atoms with Crippen LogP contribution in [0.5, 0.6) is 0 Å². The second-order valence-corrected chi connectivity index (χ2v) is 8.30. The molecule has 1 heterocycles. The van der Waals surface area contributed by atoms with E-state index in [4.69, 9.17) is 4.98 Å². The molecule has 1 saturated carbocycles. The smallest absolute Gasteiger partial charge is 0.0747 e. The van der Waals surface area contributed by atoms with E-state index in [9.17, 15) is 0 Å². The molecule has 4 aromatic rings. The number of hydrogen-bond donors (Lipinski definition) is 0. The predicted octanol–water partition coefficient (Wildman–Crippen LogP) is 7.32. The molecule has 0 atom stereocenters. The van der Waals surface area contributed by atoms with E-state index in [-0.39, 0.29) is 0 Å². The maximum atomic E-state index is 5.18. The first-order valence-corrected chi connectivity index (χ1v) is 10.5. The summed E-state index contributed by atoms with van der Waals surface area (Å²) in [5.74, 6) is 1.40. The Balaban J connectivity index is 1.54. The van der Waals surface area contributed by atoms with Crippen LogP contribution >= 0.6 is 0 Å².